The second-order valence-electron chi connectivity index (χ2n) is 6.98. The van der Waals surface area contributed by atoms with Crippen LogP contribution in [0.3, 0.4) is 0 Å². The van der Waals surface area contributed by atoms with Gasteiger partial charge in [-0.3, -0.25) is 4.79 Å². The van der Waals surface area contributed by atoms with E-state index < -0.39 is 0 Å². The Hall–Kier alpha value is -1.95. The van der Waals surface area contributed by atoms with E-state index in [0.29, 0.717) is 22.4 Å². The van der Waals surface area contributed by atoms with Crippen molar-refractivity contribution in [1.82, 2.24) is 4.90 Å². The van der Waals surface area contributed by atoms with E-state index in [1.54, 1.807) is 19.2 Å². The molecule has 1 spiro atoms. The molecule has 6 heteroatoms. The van der Waals surface area contributed by atoms with Crippen LogP contribution in [0, 0.1) is 5.41 Å². The van der Waals surface area contributed by atoms with Crippen molar-refractivity contribution in [3.63, 3.8) is 0 Å². The predicted molar refractivity (Wildman–Crippen MR) is 96.3 cm³/mol. The second kappa shape index (κ2) is 6.41. The zero-order chi connectivity index (χ0) is 18.4. The Morgan fingerprint density at radius 1 is 1.24 bits per heavy atom. The standard InChI is InChI=1S/C17H22N2O4.C2H6/c1-18-11-7-13(20)14(22-2)6-10(11)15(21)19-9-17(4-5-17)8-12(19)16(18)23-3;1-2/h6-7,12,16,20H,4-5,8-9H2,1-3H3;1-2H3/t12-,16?;/m0./s1. The fourth-order valence-electron chi connectivity index (χ4n) is 4.16. The van der Waals surface area contributed by atoms with E-state index in [-0.39, 0.29) is 23.9 Å². The van der Waals surface area contributed by atoms with Gasteiger partial charge in [0.2, 0.25) is 0 Å². The van der Waals surface area contributed by atoms with Crippen LogP contribution in [0.25, 0.3) is 0 Å². The lowest BCUT2D eigenvalue weighted by molar-refractivity contribution is 0.0311. The summed E-state index contributed by atoms with van der Waals surface area (Å²) in [4.78, 5) is 17.0. The molecule has 2 fully saturated rings. The van der Waals surface area contributed by atoms with Crippen LogP contribution in [-0.4, -0.2) is 56.0 Å². The molecule has 1 saturated carbocycles. The number of ether oxygens (including phenoxy) is 2. The maximum atomic E-state index is 13.1. The molecule has 1 saturated heterocycles. The number of rotatable bonds is 2. The molecule has 1 aromatic carbocycles. The van der Waals surface area contributed by atoms with E-state index in [2.05, 4.69) is 0 Å². The molecule has 1 aliphatic carbocycles. The third kappa shape index (κ3) is 2.72. The molecule has 6 nitrogen and oxygen atoms in total. The van der Waals surface area contributed by atoms with Crippen LogP contribution >= 0.6 is 0 Å². The molecule has 2 heterocycles. The second-order valence-corrected chi connectivity index (χ2v) is 6.98. The molecule has 1 aromatic rings. The van der Waals surface area contributed by atoms with E-state index in [0.717, 1.165) is 13.0 Å². The van der Waals surface area contributed by atoms with Gasteiger partial charge in [-0.1, -0.05) is 13.8 Å². The van der Waals surface area contributed by atoms with Crippen molar-refractivity contribution >= 4 is 11.6 Å². The largest absolute Gasteiger partial charge is 0.504 e. The Morgan fingerprint density at radius 3 is 2.48 bits per heavy atom. The number of methoxy groups -OCH3 is 2. The van der Waals surface area contributed by atoms with Crippen LogP contribution < -0.4 is 9.64 Å². The van der Waals surface area contributed by atoms with Crippen molar-refractivity contribution in [2.75, 3.05) is 32.7 Å². The molecule has 0 aromatic heterocycles. The summed E-state index contributed by atoms with van der Waals surface area (Å²) in [5.41, 5.74) is 1.54. The van der Waals surface area contributed by atoms with Crippen LogP contribution in [0.1, 0.15) is 43.5 Å². The van der Waals surface area contributed by atoms with E-state index in [4.69, 9.17) is 9.47 Å². The topological polar surface area (TPSA) is 62.2 Å². The minimum absolute atomic E-state index is 0.00141. The number of carbonyl (C=O) groups excluding carboxylic acids is 1. The van der Waals surface area contributed by atoms with Crippen molar-refractivity contribution in [3.8, 4) is 11.5 Å². The van der Waals surface area contributed by atoms with Gasteiger partial charge in [0, 0.05) is 26.8 Å². The number of hydrogen-bond donors (Lipinski definition) is 1. The molecule has 2 atom stereocenters. The highest BCUT2D eigenvalue weighted by atomic mass is 16.5. The van der Waals surface area contributed by atoms with Crippen LogP contribution in [0.5, 0.6) is 11.5 Å². The smallest absolute Gasteiger partial charge is 0.256 e. The van der Waals surface area contributed by atoms with E-state index in [1.807, 2.05) is 30.7 Å². The number of likely N-dealkylation sites (N-methyl/N-ethyl adjacent to an activating group) is 1. The van der Waals surface area contributed by atoms with Crippen LogP contribution in [0.15, 0.2) is 12.1 Å². The fourth-order valence-corrected chi connectivity index (χ4v) is 4.16. The number of nitrogens with zero attached hydrogens (tertiary/aromatic N) is 2. The van der Waals surface area contributed by atoms with Crippen LogP contribution in [0.2, 0.25) is 0 Å². The summed E-state index contributed by atoms with van der Waals surface area (Å²) >= 11 is 0. The molecule has 1 N–H and O–H groups in total. The SMILES string of the molecule is CC.COc1cc2c(cc1O)N(C)C(OC)[C@@H]1CC3(CC3)CN1C2=O. The van der Waals surface area contributed by atoms with Crippen LogP contribution in [0.4, 0.5) is 5.69 Å². The molecule has 1 amide bonds. The third-order valence-corrected chi connectivity index (χ3v) is 5.63. The highest BCUT2D eigenvalue weighted by molar-refractivity contribution is 6.02. The lowest BCUT2D eigenvalue weighted by Gasteiger charge is -2.33. The number of hydrogen-bond acceptors (Lipinski definition) is 5. The molecule has 2 aliphatic heterocycles. The van der Waals surface area contributed by atoms with E-state index in [9.17, 15) is 9.90 Å². The van der Waals surface area contributed by atoms with Crippen molar-refractivity contribution in [1.29, 1.82) is 0 Å². The number of aromatic hydroxyl groups is 1. The predicted octanol–water partition coefficient (Wildman–Crippen LogP) is 2.84. The minimum atomic E-state index is -0.215. The van der Waals surface area contributed by atoms with Gasteiger partial charge in [0.05, 0.1) is 24.4 Å². The maximum Gasteiger partial charge on any atom is 0.256 e. The molecule has 1 unspecified atom stereocenters. The normalized spacial score (nSPS) is 25.7. The van der Waals surface area contributed by atoms with Gasteiger partial charge < -0.3 is 24.4 Å². The van der Waals surface area contributed by atoms with Gasteiger partial charge in [-0.2, -0.15) is 0 Å². The Labute approximate surface area is 149 Å². The lowest BCUT2D eigenvalue weighted by Crippen LogP contribution is -2.48. The van der Waals surface area contributed by atoms with E-state index >= 15 is 0 Å². The van der Waals surface area contributed by atoms with Crippen LogP contribution in [-0.2, 0) is 4.74 Å². The first-order chi connectivity index (χ1) is 12.0. The first kappa shape index (κ1) is 17.9. The number of phenolic OH excluding ortho intramolecular Hbond substituents is 1. The summed E-state index contributed by atoms with van der Waals surface area (Å²) in [5.74, 6) is 0.346. The number of anilines is 1. The first-order valence-corrected chi connectivity index (χ1v) is 8.97. The summed E-state index contributed by atoms with van der Waals surface area (Å²) in [6.07, 6.45) is 3.16. The number of carbonyl (C=O) groups is 1. The maximum absolute atomic E-state index is 13.1. The van der Waals surface area contributed by atoms with E-state index in [1.165, 1.54) is 20.0 Å². The molecule has 138 valence electrons. The Morgan fingerprint density at radius 2 is 1.92 bits per heavy atom. The highest BCUT2D eigenvalue weighted by Gasteiger charge is 2.57. The molecular weight excluding hydrogens is 320 g/mol. The van der Waals surface area contributed by atoms with Gasteiger partial charge in [-0.25, -0.2) is 0 Å². The molecule has 3 aliphatic rings. The fraction of sp³-hybridized carbons (Fsp3) is 0.632. The number of benzene rings is 1. The summed E-state index contributed by atoms with van der Waals surface area (Å²) in [6.45, 7) is 4.80. The average molecular weight is 348 g/mol. The minimum Gasteiger partial charge on any atom is -0.504 e. The van der Waals surface area contributed by atoms with Crippen molar-refractivity contribution in [2.24, 2.45) is 5.41 Å². The van der Waals surface area contributed by atoms with Crippen molar-refractivity contribution < 1.29 is 19.4 Å². The van der Waals surface area contributed by atoms with Gasteiger partial charge in [0.1, 0.15) is 6.23 Å². The third-order valence-electron chi connectivity index (χ3n) is 5.63. The Bertz CT molecular complexity index is 672. The van der Waals surface area contributed by atoms with Gasteiger partial charge >= 0.3 is 0 Å². The lowest BCUT2D eigenvalue weighted by atomic mass is 10.0. The molecular formula is C19H28N2O4. The summed E-state index contributed by atoms with van der Waals surface area (Å²) in [6, 6.07) is 3.27. The number of phenols is 1. The zero-order valence-corrected chi connectivity index (χ0v) is 15.7. The quantitative estimate of drug-likeness (QED) is 0.890. The van der Waals surface area contributed by atoms with Gasteiger partial charge in [-0.15, -0.1) is 0 Å². The number of amides is 1. The number of fused-ring (bicyclic) bond motifs is 2. The van der Waals surface area contributed by atoms with Crippen molar-refractivity contribution in [2.45, 2.75) is 45.4 Å². The van der Waals surface area contributed by atoms with Gasteiger partial charge in [0.25, 0.3) is 5.91 Å². The van der Waals surface area contributed by atoms with Crippen molar-refractivity contribution in [3.05, 3.63) is 17.7 Å². The van der Waals surface area contributed by atoms with Gasteiger partial charge in [-0.05, 0) is 30.7 Å². The summed E-state index contributed by atoms with van der Waals surface area (Å²) in [7, 11) is 5.08. The zero-order valence-electron chi connectivity index (χ0n) is 15.7. The molecule has 0 bridgehead atoms. The highest BCUT2D eigenvalue weighted by Crippen LogP contribution is 2.56. The summed E-state index contributed by atoms with van der Waals surface area (Å²) < 4.78 is 10.9. The first-order valence-electron chi connectivity index (χ1n) is 8.97. The molecule has 4 rings (SSSR count). The summed E-state index contributed by atoms with van der Waals surface area (Å²) in [5, 5.41) is 10.1. The van der Waals surface area contributed by atoms with Gasteiger partial charge in [0.15, 0.2) is 11.5 Å². The Balaban J connectivity index is 0.000000880. The Kier molecular flexibility index (Phi) is 4.58. The molecule has 25 heavy (non-hydrogen) atoms. The monoisotopic (exact) mass is 348 g/mol. The average Bonchev–Trinajstić information content (AvgIpc) is 3.29. The molecule has 0 radical (unpaired) electrons.